The second-order valence-corrected chi connectivity index (χ2v) is 12.2. The summed E-state index contributed by atoms with van der Waals surface area (Å²) in [4.78, 5) is 24.3. The summed E-state index contributed by atoms with van der Waals surface area (Å²) >= 11 is 0. The number of carbonyl (C=O) groups is 1. The average Bonchev–Trinajstić information content (AvgIpc) is 3.13. The van der Waals surface area contributed by atoms with E-state index >= 15 is 0 Å². The van der Waals surface area contributed by atoms with Crippen LogP contribution in [-0.2, 0) is 10.3 Å². The van der Waals surface area contributed by atoms with E-state index in [0.717, 1.165) is 45.7 Å². The van der Waals surface area contributed by atoms with Gasteiger partial charge in [-0.1, -0.05) is 80.6 Å². The lowest BCUT2D eigenvalue weighted by Gasteiger charge is -2.51. The highest BCUT2D eigenvalue weighted by atomic mass is 16.2. The number of rotatable bonds is 6. The van der Waals surface area contributed by atoms with Gasteiger partial charge in [0.05, 0.1) is 6.67 Å². The molecule has 5 nitrogen and oxygen atoms in total. The first kappa shape index (κ1) is 25.9. The van der Waals surface area contributed by atoms with Gasteiger partial charge >= 0.3 is 0 Å². The van der Waals surface area contributed by atoms with Crippen LogP contribution in [0.1, 0.15) is 76.2 Å². The third kappa shape index (κ3) is 4.88. The smallest absolute Gasteiger partial charge is 0.250 e. The zero-order valence-corrected chi connectivity index (χ0v) is 23.2. The molecule has 1 spiro atoms. The molecule has 0 atom stereocenters. The van der Waals surface area contributed by atoms with Gasteiger partial charge in [-0.2, -0.15) is 0 Å². The van der Waals surface area contributed by atoms with Crippen LogP contribution >= 0.6 is 0 Å². The van der Waals surface area contributed by atoms with Crippen molar-refractivity contribution in [3.63, 3.8) is 0 Å². The Morgan fingerprint density at radius 3 is 1.87 bits per heavy atom. The molecule has 0 radical (unpaired) electrons. The number of nitrogens with zero attached hydrogens (tertiary/aromatic N) is 4. The quantitative estimate of drug-likeness (QED) is 0.452. The van der Waals surface area contributed by atoms with Crippen LogP contribution in [0.25, 0.3) is 0 Å². The maximum atomic E-state index is 14.3. The van der Waals surface area contributed by atoms with E-state index in [9.17, 15) is 4.79 Å². The molecule has 1 saturated carbocycles. The summed E-state index contributed by atoms with van der Waals surface area (Å²) in [6, 6.07) is 22.0. The van der Waals surface area contributed by atoms with Crippen molar-refractivity contribution in [3.05, 3.63) is 66.2 Å². The molecule has 4 fully saturated rings. The summed E-state index contributed by atoms with van der Waals surface area (Å²) in [5.41, 5.74) is 2.38. The predicted octanol–water partition coefficient (Wildman–Crippen LogP) is 5.86. The lowest BCUT2D eigenvalue weighted by atomic mass is 9.77. The molecule has 1 aliphatic carbocycles. The maximum absolute atomic E-state index is 14.3. The van der Waals surface area contributed by atoms with Crippen molar-refractivity contribution in [2.75, 3.05) is 50.8 Å². The number of hydrogen-bond donors (Lipinski definition) is 0. The van der Waals surface area contributed by atoms with Crippen LogP contribution < -0.4 is 4.90 Å². The van der Waals surface area contributed by atoms with Gasteiger partial charge in [-0.05, 0) is 69.3 Å². The Bertz CT molecular complexity index is 1040. The lowest BCUT2D eigenvalue weighted by molar-refractivity contribution is -0.134. The van der Waals surface area contributed by atoms with Gasteiger partial charge in [0.1, 0.15) is 5.54 Å². The Hall–Kier alpha value is -2.37. The third-order valence-electron chi connectivity index (χ3n) is 10.2. The molecule has 204 valence electrons. The van der Waals surface area contributed by atoms with Gasteiger partial charge in [-0.15, -0.1) is 0 Å². The van der Waals surface area contributed by atoms with Crippen LogP contribution in [0.2, 0.25) is 0 Å². The van der Waals surface area contributed by atoms with Crippen molar-refractivity contribution in [3.8, 4) is 0 Å². The Morgan fingerprint density at radius 2 is 1.21 bits per heavy atom. The predicted molar refractivity (Wildman–Crippen MR) is 155 cm³/mol. The maximum Gasteiger partial charge on any atom is 0.250 e. The molecule has 38 heavy (non-hydrogen) atoms. The molecule has 0 N–H and O–H groups in total. The minimum Gasteiger partial charge on any atom is -0.339 e. The van der Waals surface area contributed by atoms with Crippen LogP contribution in [0.5, 0.6) is 0 Å². The highest BCUT2D eigenvalue weighted by molar-refractivity contribution is 5.93. The highest BCUT2D eigenvalue weighted by Crippen LogP contribution is 2.46. The van der Waals surface area contributed by atoms with Crippen molar-refractivity contribution in [2.45, 2.75) is 81.7 Å². The Labute approximate surface area is 229 Å². The molecule has 1 amide bonds. The van der Waals surface area contributed by atoms with E-state index in [1.165, 1.54) is 82.1 Å². The van der Waals surface area contributed by atoms with E-state index in [1.54, 1.807) is 0 Å². The summed E-state index contributed by atoms with van der Waals surface area (Å²) < 4.78 is 0. The van der Waals surface area contributed by atoms with Gasteiger partial charge in [0.2, 0.25) is 5.91 Å². The van der Waals surface area contributed by atoms with E-state index < -0.39 is 5.54 Å². The molecule has 0 unspecified atom stereocenters. The molecule has 2 aromatic rings. The van der Waals surface area contributed by atoms with Gasteiger partial charge in [0.25, 0.3) is 0 Å². The van der Waals surface area contributed by atoms with E-state index in [2.05, 4.69) is 80.3 Å². The van der Waals surface area contributed by atoms with Gasteiger partial charge < -0.3 is 14.7 Å². The second kappa shape index (κ2) is 11.4. The number of piperidine rings is 2. The number of para-hydroxylation sites is 1. The molecule has 3 heterocycles. The van der Waals surface area contributed by atoms with Crippen molar-refractivity contribution in [1.82, 2.24) is 14.7 Å². The molecular formula is C33H46N4O. The highest BCUT2D eigenvalue weighted by Gasteiger charge is 2.55. The van der Waals surface area contributed by atoms with Crippen molar-refractivity contribution in [2.24, 2.45) is 0 Å². The lowest BCUT2D eigenvalue weighted by Crippen LogP contribution is -2.60. The largest absolute Gasteiger partial charge is 0.339 e. The standard InChI is InChI=1S/C33H46N4O/c38-31-33(37(30-16-8-4-9-17-30)28-35(31)27-26-34-22-12-5-13-23-34)20-24-36(25-21-33)32(18-10-1-2-11-19-32)29-14-6-3-7-15-29/h3-4,6-9,14-17H,1-2,5,10-13,18-28H2. The first-order valence-electron chi connectivity index (χ1n) is 15.4. The molecule has 6 rings (SSSR count). The molecule has 0 bridgehead atoms. The Kier molecular flexibility index (Phi) is 7.76. The number of likely N-dealkylation sites (tertiary alicyclic amines) is 2. The first-order valence-corrected chi connectivity index (χ1v) is 15.4. The summed E-state index contributed by atoms with van der Waals surface area (Å²) in [6.07, 6.45) is 13.5. The van der Waals surface area contributed by atoms with Gasteiger partial charge in [0, 0.05) is 37.4 Å². The van der Waals surface area contributed by atoms with Crippen molar-refractivity contribution >= 4 is 11.6 Å². The summed E-state index contributed by atoms with van der Waals surface area (Å²) in [5.74, 6) is 0.368. The topological polar surface area (TPSA) is 30.0 Å². The monoisotopic (exact) mass is 514 g/mol. The molecule has 0 aromatic heterocycles. The molecule has 5 heteroatoms. The van der Waals surface area contributed by atoms with Crippen LogP contribution in [-0.4, -0.2) is 72.1 Å². The average molecular weight is 515 g/mol. The second-order valence-electron chi connectivity index (χ2n) is 12.2. The minimum atomic E-state index is -0.414. The van der Waals surface area contributed by atoms with E-state index in [1.807, 2.05) is 0 Å². The summed E-state index contributed by atoms with van der Waals surface area (Å²) in [7, 11) is 0. The SMILES string of the molecule is O=C1N(CCN2CCCCC2)CN(c2ccccc2)C12CCN(C1(c3ccccc3)CCCCCC1)CC2. The van der Waals surface area contributed by atoms with E-state index in [4.69, 9.17) is 0 Å². The Balaban J connectivity index is 1.24. The molecule has 4 aliphatic rings. The third-order valence-corrected chi connectivity index (χ3v) is 10.2. The Morgan fingerprint density at radius 1 is 0.605 bits per heavy atom. The van der Waals surface area contributed by atoms with Crippen LogP contribution in [0, 0.1) is 0 Å². The van der Waals surface area contributed by atoms with Gasteiger partial charge in [-0.3, -0.25) is 9.69 Å². The first-order chi connectivity index (χ1) is 18.7. The van der Waals surface area contributed by atoms with Gasteiger partial charge in [0.15, 0.2) is 0 Å². The van der Waals surface area contributed by atoms with Gasteiger partial charge in [-0.25, -0.2) is 0 Å². The molecule has 3 aliphatic heterocycles. The molecular weight excluding hydrogens is 468 g/mol. The normalized spacial score (nSPS) is 24.6. The van der Waals surface area contributed by atoms with Crippen molar-refractivity contribution in [1.29, 1.82) is 0 Å². The number of carbonyl (C=O) groups excluding carboxylic acids is 1. The van der Waals surface area contributed by atoms with Crippen LogP contribution in [0.15, 0.2) is 60.7 Å². The zero-order valence-electron chi connectivity index (χ0n) is 23.2. The molecule has 3 saturated heterocycles. The number of benzene rings is 2. The number of amides is 1. The van der Waals surface area contributed by atoms with Crippen LogP contribution in [0.3, 0.4) is 0 Å². The zero-order chi connectivity index (χ0) is 25.8. The summed E-state index contributed by atoms with van der Waals surface area (Å²) in [6.45, 7) is 6.93. The fourth-order valence-electron chi connectivity index (χ4n) is 7.97. The van der Waals surface area contributed by atoms with Crippen LogP contribution in [0.4, 0.5) is 5.69 Å². The van der Waals surface area contributed by atoms with Crippen molar-refractivity contribution < 1.29 is 4.79 Å². The minimum absolute atomic E-state index is 0.118. The molecule has 2 aromatic carbocycles. The summed E-state index contributed by atoms with van der Waals surface area (Å²) in [5, 5.41) is 0. The number of hydrogen-bond acceptors (Lipinski definition) is 4. The fraction of sp³-hybridized carbons (Fsp3) is 0.606. The van der Waals surface area contributed by atoms with E-state index in [0.29, 0.717) is 5.91 Å². The van der Waals surface area contributed by atoms with E-state index in [-0.39, 0.29) is 5.54 Å². The number of anilines is 1. The fourth-order valence-corrected chi connectivity index (χ4v) is 7.97.